The van der Waals surface area contributed by atoms with Crippen molar-refractivity contribution in [1.29, 1.82) is 0 Å². The summed E-state index contributed by atoms with van der Waals surface area (Å²) >= 11 is 0. The molecule has 3 nitrogen and oxygen atoms in total. The first kappa shape index (κ1) is 23.8. The molecule has 1 atom stereocenters. The Morgan fingerprint density at radius 1 is 0.714 bits per heavy atom. The van der Waals surface area contributed by atoms with E-state index < -0.39 is 12.9 Å². The van der Waals surface area contributed by atoms with Crippen LogP contribution in [0.15, 0.2) is 109 Å². The summed E-state index contributed by atoms with van der Waals surface area (Å²) in [7, 11) is -3.21. The van der Waals surface area contributed by atoms with Crippen molar-refractivity contribution in [3.8, 4) is 0 Å². The van der Waals surface area contributed by atoms with Gasteiger partial charge in [0.15, 0.2) is 0 Å². The molecule has 1 heterocycles. The molecule has 1 aliphatic rings. The van der Waals surface area contributed by atoms with Gasteiger partial charge in [-0.25, -0.2) is 4.67 Å². The maximum Gasteiger partial charge on any atom is 0.207 e. The molecular formula is C31H32NO2P. The predicted molar refractivity (Wildman–Crippen MR) is 145 cm³/mol. The highest BCUT2D eigenvalue weighted by Crippen LogP contribution is 2.55. The van der Waals surface area contributed by atoms with Gasteiger partial charge in [-0.05, 0) is 62.1 Å². The highest BCUT2D eigenvalue weighted by molar-refractivity contribution is 7.76. The number of aryl methyl sites for hydroxylation is 2. The zero-order valence-corrected chi connectivity index (χ0v) is 21.2. The van der Waals surface area contributed by atoms with Crippen LogP contribution in [0.2, 0.25) is 0 Å². The van der Waals surface area contributed by atoms with Crippen LogP contribution in [0.3, 0.4) is 0 Å². The van der Waals surface area contributed by atoms with Crippen molar-refractivity contribution in [2.45, 2.75) is 38.3 Å². The lowest BCUT2D eigenvalue weighted by Crippen LogP contribution is -2.49. The molecule has 0 spiro atoms. The van der Waals surface area contributed by atoms with E-state index in [-0.39, 0.29) is 6.04 Å². The van der Waals surface area contributed by atoms with Gasteiger partial charge < -0.3 is 5.11 Å². The zero-order chi connectivity index (χ0) is 24.5. The van der Waals surface area contributed by atoms with E-state index >= 15 is 4.57 Å². The number of benzene rings is 4. The number of nitrogens with zero attached hydrogens (tertiary/aromatic N) is 1. The molecule has 4 aromatic carbocycles. The van der Waals surface area contributed by atoms with Crippen molar-refractivity contribution in [2.75, 3.05) is 6.54 Å². The number of rotatable bonds is 6. The first-order valence-corrected chi connectivity index (χ1v) is 13.9. The molecule has 5 rings (SSSR count). The Kier molecular flexibility index (Phi) is 6.51. The highest BCUT2D eigenvalue weighted by atomic mass is 31.2. The SMILES string of the molecule is Cc1ccc(C(O)(c2ccc(C)cc2)[C@@H]2CCCN2P(=O)(c2ccccc2)c2ccccc2)cc1. The molecule has 0 unspecified atom stereocenters. The average Bonchev–Trinajstić information content (AvgIpc) is 3.41. The first-order valence-electron chi connectivity index (χ1n) is 12.3. The quantitative estimate of drug-likeness (QED) is 0.347. The second kappa shape index (κ2) is 9.59. The van der Waals surface area contributed by atoms with Crippen molar-refractivity contribution in [1.82, 2.24) is 4.67 Å². The van der Waals surface area contributed by atoms with E-state index in [1.54, 1.807) is 0 Å². The second-order valence-corrected chi connectivity index (χ2v) is 12.3. The monoisotopic (exact) mass is 481 g/mol. The number of hydrogen-bond donors (Lipinski definition) is 1. The van der Waals surface area contributed by atoms with Crippen LogP contribution in [0.1, 0.15) is 35.1 Å². The standard InChI is InChI=1S/C31H32NO2P/c1-24-15-19-26(20-16-24)31(33,27-21-17-25(2)18-22-27)30-14-9-23-32(30)35(34,28-10-5-3-6-11-28)29-12-7-4-8-13-29/h3-8,10-13,15-22,30,33H,9,14,23H2,1-2H3/t30-/m0/s1. The molecule has 0 bridgehead atoms. The number of aliphatic hydroxyl groups is 1. The molecule has 0 aliphatic carbocycles. The van der Waals surface area contributed by atoms with Gasteiger partial charge in [0.1, 0.15) is 5.60 Å². The van der Waals surface area contributed by atoms with Crippen LogP contribution in [0.25, 0.3) is 0 Å². The number of hydrogen-bond acceptors (Lipinski definition) is 2. The molecule has 4 heteroatoms. The first-order chi connectivity index (χ1) is 16.9. The van der Waals surface area contributed by atoms with Crippen LogP contribution in [-0.2, 0) is 10.2 Å². The fraction of sp³-hybridized carbons (Fsp3) is 0.226. The van der Waals surface area contributed by atoms with Crippen LogP contribution >= 0.6 is 7.29 Å². The van der Waals surface area contributed by atoms with Crippen molar-refractivity contribution >= 4 is 17.9 Å². The summed E-state index contributed by atoms with van der Waals surface area (Å²) in [5.74, 6) is 0. The van der Waals surface area contributed by atoms with Gasteiger partial charge in [-0.2, -0.15) is 0 Å². The molecule has 1 aliphatic heterocycles. The van der Waals surface area contributed by atoms with Crippen LogP contribution in [-0.4, -0.2) is 22.4 Å². The molecular weight excluding hydrogens is 449 g/mol. The minimum absolute atomic E-state index is 0.348. The second-order valence-electron chi connectivity index (χ2n) is 9.57. The van der Waals surface area contributed by atoms with Gasteiger partial charge in [-0.15, -0.1) is 0 Å². The molecule has 35 heavy (non-hydrogen) atoms. The summed E-state index contributed by atoms with van der Waals surface area (Å²) in [4.78, 5) is 0. The van der Waals surface area contributed by atoms with E-state index in [0.717, 1.165) is 45.7 Å². The summed E-state index contributed by atoms with van der Waals surface area (Å²) in [6, 6.07) is 35.4. The Labute approximate surface area is 208 Å². The van der Waals surface area contributed by atoms with Crippen molar-refractivity contribution < 1.29 is 9.67 Å². The lowest BCUT2D eigenvalue weighted by atomic mass is 9.79. The molecule has 0 radical (unpaired) electrons. The van der Waals surface area contributed by atoms with E-state index in [9.17, 15) is 5.11 Å². The maximum atomic E-state index is 15.3. The smallest absolute Gasteiger partial charge is 0.207 e. The maximum absolute atomic E-state index is 15.3. The van der Waals surface area contributed by atoms with Gasteiger partial charge in [0, 0.05) is 17.2 Å². The Morgan fingerprint density at radius 3 is 1.57 bits per heavy atom. The highest BCUT2D eigenvalue weighted by Gasteiger charge is 2.51. The molecule has 4 aromatic rings. The van der Waals surface area contributed by atoms with Crippen LogP contribution in [0.4, 0.5) is 0 Å². The molecule has 1 N–H and O–H groups in total. The zero-order valence-electron chi connectivity index (χ0n) is 20.3. The van der Waals surface area contributed by atoms with Crippen molar-refractivity contribution in [2.24, 2.45) is 0 Å². The minimum Gasteiger partial charge on any atom is -0.379 e. The third kappa shape index (κ3) is 4.19. The van der Waals surface area contributed by atoms with E-state index in [4.69, 9.17) is 0 Å². The van der Waals surface area contributed by atoms with Gasteiger partial charge in [-0.3, -0.25) is 4.57 Å². The Hall–Kier alpha value is -2.97. The van der Waals surface area contributed by atoms with Gasteiger partial charge in [0.25, 0.3) is 0 Å². The van der Waals surface area contributed by atoms with Crippen LogP contribution in [0.5, 0.6) is 0 Å². The Balaban J connectivity index is 1.72. The van der Waals surface area contributed by atoms with E-state index in [1.165, 1.54) is 0 Å². The van der Waals surface area contributed by atoms with Gasteiger partial charge >= 0.3 is 0 Å². The largest absolute Gasteiger partial charge is 0.379 e. The molecule has 178 valence electrons. The molecule has 0 aromatic heterocycles. The summed E-state index contributed by atoms with van der Waals surface area (Å²) < 4.78 is 17.4. The van der Waals surface area contributed by atoms with E-state index in [1.807, 2.05) is 109 Å². The summed E-state index contributed by atoms with van der Waals surface area (Å²) in [5.41, 5.74) is 2.63. The Bertz CT molecular complexity index is 1230. The van der Waals surface area contributed by atoms with Crippen LogP contribution < -0.4 is 10.6 Å². The minimum atomic E-state index is -3.21. The fourth-order valence-corrected chi connectivity index (χ4v) is 8.53. The lowest BCUT2D eigenvalue weighted by molar-refractivity contribution is 0.0205. The van der Waals surface area contributed by atoms with Gasteiger partial charge in [-0.1, -0.05) is 96.1 Å². The predicted octanol–water partition coefficient (Wildman–Crippen LogP) is 5.93. The van der Waals surface area contributed by atoms with Gasteiger partial charge in [0.05, 0.1) is 6.04 Å². The third-order valence-electron chi connectivity index (χ3n) is 7.26. The lowest BCUT2D eigenvalue weighted by Gasteiger charge is -2.43. The normalized spacial score (nSPS) is 16.9. The van der Waals surface area contributed by atoms with E-state index in [2.05, 4.69) is 18.5 Å². The molecule has 1 saturated heterocycles. The van der Waals surface area contributed by atoms with E-state index in [0.29, 0.717) is 6.54 Å². The Morgan fingerprint density at radius 2 is 1.14 bits per heavy atom. The van der Waals surface area contributed by atoms with Crippen molar-refractivity contribution in [3.63, 3.8) is 0 Å². The summed E-state index contributed by atoms with van der Waals surface area (Å²) in [6.45, 7) is 4.76. The molecule has 0 saturated carbocycles. The van der Waals surface area contributed by atoms with Gasteiger partial charge in [0.2, 0.25) is 7.29 Å². The van der Waals surface area contributed by atoms with Crippen molar-refractivity contribution in [3.05, 3.63) is 131 Å². The summed E-state index contributed by atoms with van der Waals surface area (Å²) in [6.07, 6.45) is 1.62. The fourth-order valence-electron chi connectivity index (χ4n) is 5.39. The summed E-state index contributed by atoms with van der Waals surface area (Å²) in [5, 5.41) is 14.3. The molecule has 0 amide bonds. The van der Waals surface area contributed by atoms with Crippen LogP contribution in [0, 0.1) is 13.8 Å². The average molecular weight is 482 g/mol. The third-order valence-corrected chi connectivity index (χ3v) is 10.5. The molecule has 1 fully saturated rings. The topological polar surface area (TPSA) is 40.5 Å².